The summed E-state index contributed by atoms with van der Waals surface area (Å²) in [6.45, 7) is 3.45. The standard InChI is InChI=1S/C14H19FN4O3/c1-8(2)12(17-14(16)22)13(21)19-18-11(20)7-9-3-5-10(15)6-4-9/h3-6,8,12H,7H2,1-2H3,(H,18,20)(H,19,21)(H3,16,17,22)/t12-/m0/s1. The quantitative estimate of drug-likeness (QED) is 0.583. The molecule has 0 aliphatic heterocycles. The van der Waals surface area contributed by atoms with Crippen molar-refractivity contribution in [2.75, 3.05) is 0 Å². The average molecular weight is 310 g/mol. The highest BCUT2D eigenvalue weighted by atomic mass is 19.1. The van der Waals surface area contributed by atoms with E-state index in [9.17, 15) is 18.8 Å². The number of hydrogen-bond acceptors (Lipinski definition) is 3. The minimum atomic E-state index is -0.858. The van der Waals surface area contributed by atoms with Crippen molar-refractivity contribution >= 4 is 17.8 Å². The van der Waals surface area contributed by atoms with Crippen molar-refractivity contribution in [3.05, 3.63) is 35.6 Å². The summed E-state index contributed by atoms with van der Waals surface area (Å²) < 4.78 is 12.7. The molecule has 1 aromatic carbocycles. The molecule has 1 aromatic rings. The van der Waals surface area contributed by atoms with Crippen molar-refractivity contribution in [1.29, 1.82) is 0 Å². The molecule has 120 valence electrons. The first-order chi connectivity index (χ1) is 10.3. The molecule has 8 heteroatoms. The molecular weight excluding hydrogens is 291 g/mol. The monoisotopic (exact) mass is 310 g/mol. The molecule has 0 aliphatic rings. The van der Waals surface area contributed by atoms with Crippen molar-refractivity contribution < 1.29 is 18.8 Å². The molecule has 4 amide bonds. The van der Waals surface area contributed by atoms with Gasteiger partial charge < -0.3 is 11.1 Å². The summed E-state index contributed by atoms with van der Waals surface area (Å²) in [5.41, 5.74) is 10.0. The van der Waals surface area contributed by atoms with Gasteiger partial charge in [0.15, 0.2) is 0 Å². The first kappa shape index (κ1) is 17.4. The van der Waals surface area contributed by atoms with Crippen molar-refractivity contribution in [1.82, 2.24) is 16.2 Å². The third-order valence-corrected chi connectivity index (χ3v) is 2.85. The Morgan fingerprint density at radius 3 is 2.23 bits per heavy atom. The lowest BCUT2D eigenvalue weighted by Gasteiger charge is -2.20. The number of urea groups is 1. The summed E-state index contributed by atoms with van der Waals surface area (Å²) >= 11 is 0. The third-order valence-electron chi connectivity index (χ3n) is 2.85. The zero-order valence-electron chi connectivity index (χ0n) is 12.4. The second kappa shape index (κ2) is 7.96. The highest BCUT2D eigenvalue weighted by molar-refractivity contribution is 5.89. The Morgan fingerprint density at radius 2 is 1.73 bits per heavy atom. The molecule has 0 aliphatic carbocycles. The van der Waals surface area contributed by atoms with Crippen LogP contribution in [0, 0.1) is 11.7 Å². The molecule has 0 unspecified atom stereocenters. The van der Waals surface area contributed by atoms with Crippen LogP contribution >= 0.6 is 0 Å². The molecular formula is C14H19FN4O3. The molecule has 0 radical (unpaired) electrons. The molecule has 0 heterocycles. The van der Waals surface area contributed by atoms with Gasteiger partial charge in [-0.25, -0.2) is 9.18 Å². The smallest absolute Gasteiger partial charge is 0.312 e. The number of hydrogen-bond donors (Lipinski definition) is 4. The first-order valence-electron chi connectivity index (χ1n) is 6.68. The van der Waals surface area contributed by atoms with Crippen LogP contribution in [-0.2, 0) is 16.0 Å². The van der Waals surface area contributed by atoms with Gasteiger partial charge in [-0.15, -0.1) is 0 Å². The first-order valence-corrected chi connectivity index (χ1v) is 6.68. The van der Waals surface area contributed by atoms with Gasteiger partial charge in [0.05, 0.1) is 6.42 Å². The van der Waals surface area contributed by atoms with E-state index in [-0.39, 0.29) is 12.3 Å². The van der Waals surface area contributed by atoms with Crippen LogP contribution in [0.4, 0.5) is 9.18 Å². The van der Waals surface area contributed by atoms with E-state index in [1.54, 1.807) is 13.8 Å². The molecule has 7 nitrogen and oxygen atoms in total. The highest BCUT2D eigenvalue weighted by Crippen LogP contribution is 2.03. The van der Waals surface area contributed by atoms with Crippen LogP contribution in [-0.4, -0.2) is 23.9 Å². The second-order valence-electron chi connectivity index (χ2n) is 5.07. The number of rotatable bonds is 5. The minimum absolute atomic E-state index is 0.0177. The van der Waals surface area contributed by atoms with E-state index in [2.05, 4.69) is 16.2 Å². The van der Waals surface area contributed by atoms with Crippen LogP contribution < -0.4 is 21.9 Å². The number of benzene rings is 1. The summed E-state index contributed by atoms with van der Waals surface area (Å²) in [6, 6.07) is 3.75. The maximum atomic E-state index is 12.7. The molecule has 0 aromatic heterocycles. The van der Waals surface area contributed by atoms with E-state index < -0.39 is 29.7 Å². The molecule has 0 bridgehead atoms. The third kappa shape index (κ3) is 5.78. The number of amides is 4. The van der Waals surface area contributed by atoms with Crippen molar-refractivity contribution in [2.24, 2.45) is 11.7 Å². The number of primary amides is 1. The van der Waals surface area contributed by atoms with Gasteiger partial charge in [0.25, 0.3) is 5.91 Å². The molecule has 0 fully saturated rings. The van der Waals surface area contributed by atoms with Gasteiger partial charge in [-0.1, -0.05) is 26.0 Å². The normalized spacial score (nSPS) is 11.6. The maximum Gasteiger partial charge on any atom is 0.312 e. The maximum absolute atomic E-state index is 12.7. The summed E-state index contributed by atoms with van der Waals surface area (Å²) in [6.07, 6.45) is -0.0177. The number of carbonyl (C=O) groups excluding carboxylic acids is 3. The van der Waals surface area contributed by atoms with E-state index in [0.717, 1.165) is 0 Å². The molecule has 0 saturated carbocycles. The minimum Gasteiger partial charge on any atom is -0.352 e. The zero-order valence-corrected chi connectivity index (χ0v) is 12.4. The summed E-state index contributed by atoms with van der Waals surface area (Å²) in [5, 5.41) is 2.29. The Labute approximate surface area is 127 Å². The molecule has 22 heavy (non-hydrogen) atoms. The van der Waals surface area contributed by atoms with Crippen molar-refractivity contribution in [2.45, 2.75) is 26.3 Å². The lowest BCUT2D eigenvalue weighted by Crippen LogP contribution is -2.55. The van der Waals surface area contributed by atoms with Gasteiger partial charge in [-0.2, -0.15) is 0 Å². The Morgan fingerprint density at radius 1 is 1.14 bits per heavy atom. The number of nitrogens with two attached hydrogens (primary N) is 1. The van der Waals surface area contributed by atoms with Gasteiger partial charge in [0, 0.05) is 0 Å². The van der Waals surface area contributed by atoms with Crippen LogP contribution in [0.25, 0.3) is 0 Å². The fourth-order valence-electron chi connectivity index (χ4n) is 1.73. The van der Waals surface area contributed by atoms with Crippen molar-refractivity contribution in [3.63, 3.8) is 0 Å². The fraction of sp³-hybridized carbons (Fsp3) is 0.357. The Bertz CT molecular complexity index is 546. The Balaban J connectivity index is 2.49. The largest absolute Gasteiger partial charge is 0.352 e. The average Bonchev–Trinajstić information content (AvgIpc) is 2.44. The molecule has 1 rings (SSSR count). The SMILES string of the molecule is CC(C)[C@H](NC(N)=O)C(=O)NNC(=O)Cc1ccc(F)cc1. The highest BCUT2D eigenvalue weighted by Gasteiger charge is 2.23. The Kier molecular flexibility index (Phi) is 6.30. The van der Waals surface area contributed by atoms with Gasteiger partial charge >= 0.3 is 6.03 Å². The van der Waals surface area contributed by atoms with Crippen LogP contribution in [0.15, 0.2) is 24.3 Å². The predicted octanol–water partition coefficient (Wildman–Crippen LogP) is 0.209. The Hall–Kier alpha value is -2.64. The van der Waals surface area contributed by atoms with Gasteiger partial charge in [0.1, 0.15) is 11.9 Å². The van der Waals surface area contributed by atoms with E-state index in [4.69, 9.17) is 5.73 Å². The summed E-state index contributed by atoms with van der Waals surface area (Å²) in [5.74, 6) is -1.65. The molecule has 0 saturated heterocycles. The number of halogens is 1. The van der Waals surface area contributed by atoms with Crippen LogP contribution in [0.3, 0.4) is 0 Å². The van der Waals surface area contributed by atoms with E-state index >= 15 is 0 Å². The fourth-order valence-corrected chi connectivity index (χ4v) is 1.73. The molecule has 5 N–H and O–H groups in total. The van der Waals surface area contributed by atoms with E-state index in [0.29, 0.717) is 5.56 Å². The zero-order chi connectivity index (χ0) is 16.7. The topological polar surface area (TPSA) is 113 Å². The van der Waals surface area contributed by atoms with Crippen LogP contribution in [0.2, 0.25) is 0 Å². The number of hydrazine groups is 1. The van der Waals surface area contributed by atoms with E-state index in [1.807, 2.05) is 0 Å². The lowest BCUT2D eigenvalue weighted by molar-refractivity contribution is -0.130. The number of carbonyl (C=O) groups is 3. The number of nitrogens with one attached hydrogen (secondary N) is 3. The van der Waals surface area contributed by atoms with Gasteiger partial charge in [0.2, 0.25) is 5.91 Å². The van der Waals surface area contributed by atoms with Crippen LogP contribution in [0.5, 0.6) is 0 Å². The van der Waals surface area contributed by atoms with Gasteiger partial charge in [-0.05, 0) is 23.6 Å². The van der Waals surface area contributed by atoms with Crippen LogP contribution in [0.1, 0.15) is 19.4 Å². The lowest BCUT2D eigenvalue weighted by atomic mass is 10.0. The molecule has 0 spiro atoms. The predicted molar refractivity (Wildman–Crippen MR) is 77.7 cm³/mol. The van der Waals surface area contributed by atoms with E-state index in [1.165, 1.54) is 24.3 Å². The molecule has 1 atom stereocenters. The second-order valence-corrected chi connectivity index (χ2v) is 5.07. The summed E-state index contributed by atoms with van der Waals surface area (Å²) in [7, 11) is 0. The van der Waals surface area contributed by atoms with Gasteiger partial charge in [-0.3, -0.25) is 20.4 Å². The summed E-state index contributed by atoms with van der Waals surface area (Å²) in [4.78, 5) is 34.4. The van der Waals surface area contributed by atoms with Crippen molar-refractivity contribution in [3.8, 4) is 0 Å².